The third-order valence-electron chi connectivity index (χ3n) is 6.00. The number of aromatic nitrogens is 1. The van der Waals surface area contributed by atoms with Gasteiger partial charge in [-0.05, 0) is 60.7 Å². The van der Waals surface area contributed by atoms with Crippen LogP contribution >= 0.6 is 15.9 Å². The highest BCUT2D eigenvalue weighted by Crippen LogP contribution is 2.16. The van der Waals surface area contributed by atoms with Crippen LogP contribution in [0.5, 0.6) is 0 Å². The van der Waals surface area contributed by atoms with Crippen molar-refractivity contribution in [3.05, 3.63) is 82.5 Å². The molecule has 0 atom stereocenters. The van der Waals surface area contributed by atoms with Crippen LogP contribution in [0, 0.1) is 5.92 Å². The molecule has 3 aromatic rings. The highest BCUT2D eigenvalue weighted by Gasteiger charge is 2.24. The highest BCUT2D eigenvalue weighted by atomic mass is 79.9. The number of carbonyl (C=O) groups is 2. The Morgan fingerprint density at radius 1 is 1.03 bits per heavy atom. The van der Waals surface area contributed by atoms with Gasteiger partial charge in [-0.2, -0.15) is 0 Å². The molecule has 0 fully saturated rings. The molecule has 0 bridgehead atoms. The maximum Gasteiger partial charge on any atom is 0.290 e. The third-order valence-corrected chi connectivity index (χ3v) is 6.53. The summed E-state index contributed by atoms with van der Waals surface area (Å²) >= 11 is 3.49. The van der Waals surface area contributed by atoms with E-state index in [0.29, 0.717) is 25.6 Å². The first kappa shape index (κ1) is 26.8. The monoisotopic (exact) mass is 541 g/mol. The number of amides is 2. The number of hydrogen-bond donors (Lipinski definition) is 0. The second-order valence-corrected chi connectivity index (χ2v) is 10.2. The molecule has 6 nitrogen and oxygen atoms in total. The van der Waals surface area contributed by atoms with Crippen LogP contribution in [0.4, 0.5) is 0 Å². The third kappa shape index (κ3) is 8.13. The first-order valence-electron chi connectivity index (χ1n) is 12.4. The van der Waals surface area contributed by atoms with Gasteiger partial charge in [0.2, 0.25) is 5.91 Å². The van der Waals surface area contributed by atoms with Crippen molar-refractivity contribution in [2.45, 2.75) is 53.1 Å². The number of carbonyl (C=O) groups excluding carboxylic acids is 2. The number of halogens is 1. The van der Waals surface area contributed by atoms with Crippen LogP contribution in [-0.2, 0) is 17.9 Å². The van der Waals surface area contributed by atoms with Crippen LogP contribution in [0.3, 0.4) is 0 Å². The first-order chi connectivity index (χ1) is 16.9. The summed E-state index contributed by atoms with van der Waals surface area (Å²) in [6.45, 7) is 8.82. The standard InChI is InChI=1S/C28H36BrN3O3/c1-4-5-15-31(20-25-8-6-16-30(25)19-23-10-12-24(29)13-11-23)27(33)21-32(17-14-22(2)3)28(34)26-9-7-18-35-26/h6-13,16,18,22H,4-5,14-15,17,19-21H2,1-3H3. The first-order valence-corrected chi connectivity index (χ1v) is 13.2. The average molecular weight is 543 g/mol. The molecule has 0 spiro atoms. The number of nitrogens with zero attached hydrogens (tertiary/aromatic N) is 3. The Morgan fingerprint density at radius 2 is 1.80 bits per heavy atom. The van der Waals surface area contributed by atoms with Crippen molar-refractivity contribution in [2.24, 2.45) is 5.92 Å². The van der Waals surface area contributed by atoms with Crippen molar-refractivity contribution in [1.82, 2.24) is 14.4 Å². The van der Waals surface area contributed by atoms with E-state index >= 15 is 0 Å². The van der Waals surface area contributed by atoms with Crippen LogP contribution in [0.2, 0.25) is 0 Å². The lowest BCUT2D eigenvalue weighted by molar-refractivity contribution is -0.132. The molecule has 1 aromatic carbocycles. The number of benzene rings is 1. The summed E-state index contributed by atoms with van der Waals surface area (Å²) in [5, 5.41) is 0. The lowest BCUT2D eigenvalue weighted by Gasteiger charge is -2.28. The summed E-state index contributed by atoms with van der Waals surface area (Å²) in [6, 6.07) is 15.7. The van der Waals surface area contributed by atoms with Crippen LogP contribution in [0.1, 0.15) is 61.8 Å². The Balaban J connectivity index is 1.74. The van der Waals surface area contributed by atoms with Gasteiger partial charge in [0.1, 0.15) is 6.54 Å². The topological polar surface area (TPSA) is 58.7 Å². The molecule has 0 aliphatic heterocycles. The molecule has 7 heteroatoms. The van der Waals surface area contributed by atoms with Crippen molar-refractivity contribution in [3.8, 4) is 0 Å². The molecule has 188 valence electrons. The summed E-state index contributed by atoms with van der Waals surface area (Å²) in [6.07, 6.45) is 6.27. The van der Waals surface area contributed by atoms with Gasteiger partial charge < -0.3 is 18.8 Å². The highest BCUT2D eigenvalue weighted by molar-refractivity contribution is 9.10. The summed E-state index contributed by atoms with van der Waals surface area (Å²) in [5.41, 5.74) is 2.27. The molecule has 0 aliphatic rings. The van der Waals surface area contributed by atoms with Crippen molar-refractivity contribution in [2.75, 3.05) is 19.6 Å². The van der Waals surface area contributed by atoms with Crippen molar-refractivity contribution < 1.29 is 14.0 Å². The molecule has 35 heavy (non-hydrogen) atoms. The van der Waals surface area contributed by atoms with Crippen molar-refractivity contribution in [1.29, 1.82) is 0 Å². The summed E-state index contributed by atoms with van der Waals surface area (Å²) < 4.78 is 8.57. The van der Waals surface area contributed by atoms with Gasteiger partial charge in [-0.3, -0.25) is 9.59 Å². The van der Waals surface area contributed by atoms with Crippen molar-refractivity contribution >= 4 is 27.7 Å². The van der Waals surface area contributed by atoms with E-state index in [9.17, 15) is 9.59 Å². The molecule has 0 saturated carbocycles. The molecule has 0 saturated heterocycles. The fourth-order valence-corrected chi connectivity index (χ4v) is 4.12. The van der Waals surface area contributed by atoms with Crippen molar-refractivity contribution in [3.63, 3.8) is 0 Å². The Kier molecular flexibility index (Phi) is 10.2. The minimum absolute atomic E-state index is 0.0431. The zero-order valence-electron chi connectivity index (χ0n) is 21.0. The molecular weight excluding hydrogens is 506 g/mol. The maximum absolute atomic E-state index is 13.5. The molecule has 2 amide bonds. The number of rotatable bonds is 13. The van der Waals surface area contributed by atoms with E-state index in [1.165, 1.54) is 11.8 Å². The van der Waals surface area contributed by atoms with Crippen LogP contribution < -0.4 is 0 Å². The van der Waals surface area contributed by atoms with Gasteiger partial charge in [-0.1, -0.05) is 55.3 Å². The summed E-state index contributed by atoms with van der Waals surface area (Å²) in [4.78, 5) is 30.1. The van der Waals surface area contributed by atoms with E-state index in [2.05, 4.69) is 65.7 Å². The maximum atomic E-state index is 13.5. The van der Waals surface area contributed by atoms with E-state index in [0.717, 1.165) is 36.0 Å². The normalized spacial score (nSPS) is 11.1. The quantitative estimate of drug-likeness (QED) is 0.258. The number of unbranched alkanes of at least 4 members (excludes halogenated alkanes) is 1. The fourth-order valence-electron chi connectivity index (χ4n) is 3.86. The largest absolute Gasteiger partial charge is 0.459 e. The molecule has 0 aliphatic carbocycles. The minimum Gasteiger partial charge on any atom is -0.459 e. The summed E-state index contributed by atoms with van der Waals surface area (Å²) in [7, 11) is 0. The van der Waals surface area contributed by atoms with E-state index in [4.69, 9.17) is 4.42 Å². The molecular formula is C28H36BrN3O3. The van der Waals surface area contributed by atoms with E-state index in [1.807, 2.05) is 23.1 Å². The van der Waals surface area contributed by atoms with E-state index in [1.54, 1.807) is 17.0 Å². The number of furan rings is 1. The van der Waals surface area contributed by atoms with Gasteiger partial charge >= 0.3 is 0 Å². The number of hydrogen-bond acceptors (Lipinski definition) is 3. The molecule has 2 heterocycles. The van der Waals surface area contributed by atoms with E-state index in [-0.39, 0.29) is 24.1 Å². The second kappa shape index (κ2) is 13.3. The van der Waals surface area contributed by atoms with Crippen LogP contribution in [0.25, 0.3) is 0 Å². The fraction of sp³-hybridized carbons (Fsp3) is 0.429. The average Bonchev–Trinajstić information content (AvgIpc) is 3.52. The molecule has 0 N–H and O–H groups in total. The smallest absolute Gasteiger partial charge is 0.290 e. The Labute approximate surface area is 217 Å². The van der Waals surface area contributed by atoms with Gasteiger partial charge in [0.15, 0.2) is 5.76 Å². The van der Waals surface area contributed by atoms with Gasteiger partial charge in [0, 0.05) is 36.0 Å². The molecule has 2 aromatic heterocycles. The van der Waals surface area contributed by atoms with Gasteiger partial charge in [0.25, 0.3) is 5.91 Å². The zero-order chi connectivity index (χ0) is 25.2. The zero-order valence-corrected chi connectivity index (χ0v) is 22.5. The minimum atomic E-state index is -0.238. The predicted octanol–water partition coefficient (Wildman–Crippen LogP) is 6.21. The van der Waals surface area contributed by atoms with E-state index < -0.39 is 0 Å². The lowest BCUT2D eigenvalue weighted by atomic mass is 10.1. The molecule has 0 unspecified atom stereocenters. The Hall–Kier alpha value is -2.80. The molecule has 3 rings (SSSR count). The van der Waals surface area contributed by atoms with Gasteiger partial charge in [-0.25, -0.2) is 0 Å². The predicted molar refractivity (Wildman–Crippen MR) is 142 cm³/mol. The van der Waals surface area contributed by atoms with Crippen LogP contribution in [0.15, 0.2) is 69.9 Å². The molecule has 0 radical (unpaired) electrons. The van der Waals surface area contributed by atoms with Crippen LogP contribution in [-0.4, -0.2) is 45.8 Å². The Bertz CT molecular complexity index is 1060. The van der Waals surface area contributed by atoms with Gasteiger partial charge in [-0.15, -0.1) is 0 Å². The SMILES string of the molecule is CCCCN(Cc1cccn1Cc1ccc(Br)cc1)C(=O)CN(CCC(C)C)C(=O)c1ccco1. The Morgan fingerprint density at radius 3 is 2.46 bits per heavy atom. The summed E-state index contributed by atoms with van der Waals surface area (Å²) in [5.74, 6) is 0.414. The second-order valence-electron chi connectivity index (χ2n) is 9.31. The lowest BCUT2D eigenvalue weighted by Crippen LogP contribution is -2.43. The van der Waals surface area contributed by atoms with Gasteiger partial charge in [0.05, 0.1) is 12.8 Å².